The molecular formula is C12H20O2. The molecule has 0 radical (unpaired) electrons. The van der Waals surface area contributed by atoms with Crippen molar-refractivity contribution in [3.8, 4) is 0 Å². The van der Waals surface area contributed by atoms with Crippen LogP contribution in [0.3, 0.4) is 0 Å². The van der Waals surface area contributed by atoms with Crippen LogP contribution in [0.4, 0.5) is 0 Å². The van der Waals surface area contributed by atoms with Crippen LogP contribution in [0, 0.1) is 5.92 Å². The normalized spacial score (nSPS) is 29.3. The Bertz CT molecular complexity index is 188. The Morgan fingerprint density at radius 3 is 2.50 bits per heavy atom. The van der Waals surface area contributed by atoms with E-state index in [9.17, 15) is 4.79 Å². The first-order valence-corrected chi connectivity index (χ1v) is 6.00. The molecule has 2 heteroatoms. The van der Waals surface area contributed by atoms with Gasteiger partial charge in [-0.05, 0) is 18.8 Å². The first kappa shape index (κ1) is 10.2. The second kappa shape index (κ2) is 4.92. The topological polar surface area (TPSA) is 26.3 Å². The molecule has 2 nitrogen and oxygen atoms in total. The zero-order valence-electron chi connectivity index (χ0n) is 8.84. The van der Waals surface area contributed by atoms with Crippen LogP contribution in [0.25, 0.3) is 0 Å². The number of Topliss-reactive ketones (excluding diaryl/α,β-unsaturated/α-hetero) is 1. The lowest BCUT2D eigenvalue weighted by Gasteiger charge is -2.21. The summed E-state index contributed by atoms with van der Waals surface area (Å²) < 4.78 is 5.41. The van der Waals surface area contributed by atoms with Gasteiger partial charge < -0.3 is 4.74 Å². The van der Waals surface area contributed by atoms with Crippen molar-refractivity contribution < 1.29 is 9.53 Å². The van der Waals surface area contributed by atoms with E-state index < -0.39 is 0 Å². The van der Waals surface area contributed by atoms with E-state index >= 15 is 0 Å². The highest BCUT2D eigenvalue weighted by Gasteiger charge is 2.26. The molecule has 0 bridgehead atoms. The van der Waals surface area contributed by atoms with E-state index in [4.69, 9.17) is 4.74 Å². The van der Waals surface area contributed by atoms with Gasteiger partial charge in [-0.3, -0.25) is 4.79 Å². The number of carbonyl (C=O) groups is 1. The Labute approximate surface area is 86.0 Å². The van der Waals surface area contributed by atoms with Gasteiger partial charge >= 0.3 is 0 Å². The molecule has 2 rings (SSSR count). The van der Waals surface area contributed by atoms with E-state index in [1.54, 1.807) is 0 Å². The minimum atomic E-state index is -0.0445. The van der Waals surface area contributed by atoms with E-state index in [0.29, 0.717) is 11.7 Å². The van der Waals surface area contributed by atoms with Gasteiger partial charge in [0.15, 0.2) is 5.78 Å². The Kier molecular flexibility index (Phi) is 3.57. The van der Waals surface area contributed by atoms with E-state index in [0.717, 1.165) is 25.9 Å². The minimum absolute atomic E-state index is 0.0445. The summed E-state index contributed by atoms with van der Waals surface area (Å²) in [5, 5.41) is 0. The van der Waals surface area contributed by atoms with Crippen LogP contribution >= 0.6 is 0 Å². The highest BCUT2D eigenvalue weighted by Crippen LogP contribution is 2.28. The molecule has 2 fully saturated rings. The zero-order chi connectivity index (χ0) is 9.80. The molecule has 1 aliphatic carbocycles. The lowest BCUT2D eigenvalue weighted by molar-refractivity contribution is -0.129. The molecule has 14 heavy (non-hydrogen) atoms. The van der Waals surface area contributed by atoms with E-state index in [1.807, 2.05) is 0 Å². The number of rotatable bonds is 3. The Morgan fingerprint density at radius 1 is 1.07 bits per heavy atom. The summed E-state index contributed by atoms with van der Waals surface area (Å²) in [6.45, 7) is 0.793. The lowest BCUT2D eigenvalue weighted by atomic mass is 9.85. The predicted octanol–water partition coefficient (Wildman–Crippen LogP) is 2.70. The van der Waals surface area contributed by atoms with Crippen molar-refractivity contribution >= 4 is 5.78 Å². The fourth-order valence-corrected chi connectivity index (χ4v) is 2.64. The maximum atomic E-state index is 11.8. The Hall–Kier alpha value is -0.370. The molecular weight excluding hydrogens is 176 g/mol. The van der Waals surface area contributed by atoms with Gasteiger partial charge in [-0.15, -0.1) is 0 Å². The number of hydrogen-bond acceptors (Lipinski definition) is 2. The molecule has 1 saturated carbocycles. The van der Waals surface area contributed by atoms with E-state index in [2.05, 4.69) is 0 Å². The van der Waals surface area contributed by atoms with Crippen LogP contribution in [0.15, 0.2) is 0 Å². The monoisotopic (exact) mass is 196 g/mol. The molecule has 2 aliphatic rings. The van der Waals surface area contributed by atoms with Crippen LogP contribution in [0.5, 0.6) is 0 Å². The highest BCUT2D eigenvalue weighted by atomic mass is 16.5. The van der Waals surface area contributed by atoms with Crippen LogP contribution < -0.4 is 0 Å². The number of ether oxygens (including phenoxy) is 1. The molecule has 1 atom stereocenters. The van der Waals surface area contributed by atoms with Gasteiger partial charge in [0.05, 0.1) is 0 Å². The summed E-state index contributed by atoms with van der Waals surface area (Å²) in [7, 11) is 0. The number of carbonyl (C=O) groups excluding carboxylic acids is 1. The molecule has 1 unspecified atom stereocenters. The van der Waals surface area contributed by atoms with Crippen molar-refractivity contribution in [2.75, 3.05) is 6.61 Å². The summed E-state index contributed by atoms with van der Waals surface area (Å²) in [5.74, 6) is 1.04. The van der Waals surface area contributed by atoms with Gasteiger partial charge in [0.2, 0.25) is 0 Å². The van der Waals surface area contributed by atoms with Gasteiger partial charge in [0, 0.05) is 13.0 Å². The lowest BCUT2D eigenvalue weighted by Crippen LogP contribution is -2.23. The molecule has 0 spiro atoms. The summed E-state index contributed by atoms with van der Waals surface area (Å²) in [4.78, 5) is 11.8. The molecule has 1 heterocycles. The Balaban J connectivity index is 1.75. The van der Waals surface area contributed by atoms with E-state index in [1.165, 1.54) is 32.1 Å². The van der Waals surface area contributed by atoms with Crippen molar-refractivity contribution in [1.82, 2.24) is 0 Å². The molecule has 0 aromatic carbocycles. The molecule has 1 saturated heterocycles. The van der Waals surface area contributed by atoms with Gasteiger partial charge in [-0.25, -0.2) is 0 Å². The van der Waals surface area contributed by atoms with Crippen LogP contribution in [-0.4, -0.2) is 18.5 Å². The highest BCUT2D eigenvalue weighted by molar-refractivity contribution is 5.83. The smallest absolute Gasteiger partial charge is 0.161 e. The van der Waals surface area contributed by atoms with Crippen molar-refractivity contribution in [1.29, 1.82) is 0 Å². The average molecular weight is 196 g/mol. The summed E-state index contributed by atoms with van der Waals surface area (Å²) in [6.07, 6.45) is 9.31. The Morgan fingerprint density at radius 2 is 1.86 bits per heavy atom. The van der Waals surface area contributed by atoms with Crippen LogP contribution in [0.1, 0.15) is 51.4 Å². The second-order valence-electron chi connectivity index (χ2n) is 4.68. The van der Waals surface area contributed by atoms with Crippen molar-refractivity contribution in [3.63, 3.8) is 0 Å². The third-order valence-corrected chi connectivity index (χ3v) is 3.50. The van der Waals surface area contributed by atoms with Gasteiger partial charge in [0.1, 0.15) is 6.10 Å². The summed E-state index contributed by atoms with van der Waals surface area (Å²) in [5.41, 5.74) is 0. The molecule has 0 aromatic rings. The number of hydrogen-bond donors (Lipinski definition) is 0. The minimum Gasteiger partial charge on any atom is -0.370 e. The largest absolute Gasteiger partial charge is 0.370 e. The fraction of sp³-hybridized carbons (Fsp3) is 0.917. The summed E-state index contributed by atoms with van der Waals surface area (Å²) >= 11 is 0. The van der Waals surface area contributed by atoms with Crippen LogP contribution in [0.2, 0.25) is 0 Å². The molecule has 0 aromatic heterocycles. The SMILES string of the molecule is O=C(CC1CCCCC1)C1CCCO1. The van der Waals surface area contributed by atoms with Gasteiger partial charge in [-0.2, -0.15) is 0 Å². The maximum Gasteiger partial charge on any atom is 0.161 e. The molecule has 80 valence electrons. The molecule has 0 amide bonds. The van der Waals surface area contributed by atoms with E-state index in [-0.39, 0.29) is 6.10 Å². The average Bonchev–Trinajstić information content (AvgIpc) is 2.72. The standard InChI is InChI=1S/C12H20O2/c13-11(12-7-4-8-14-12)9-10-5-2-1-3-6-10/h10,12H,1-9H2. The third kappa shape index (κ3) is 2.57. The van der Waals surface area contributed by atoms with Crippen molar-refractivity contribution in [2.24, 2.45) is 5.92 Å². The quantitative estimate of drug-likeness (QED) is 0.693. The molecule has 0 N–H and O–H groups in total. The summed E-state index contributed by atoms with van der Waals surface area (Å²) in [6, 6.07) is 0. The van der Waals surface area contributed by atoms with Crippen LogP contribution in [-0.2, 0) is 9.53 Å². The zero-order valence-corrected chi connectivity index (χ0v) is 8.84. The third-order valence-electron chi connectivity index (χ3n) is 3.50. The first-order chi connectivity index (χ1) is 6.86. The number of ketones is 1. The van der Waals surface area contributed by atoms with Gasteiger partial charge in [0.25, 0.3) is 0 Å². The van der Waals surface area contributed by atoms with Crippen molar-refractivity contribution in [3.05, 3.63) is 0 Å². The fourth-order valence-electron chi connectivity index (χ4n) is 2.64. The first-order valence-electron chi connectivity index (χ1n) is 6.00. The maximum absolute atomic E-state index is 11.8. The molecule has 1 aliphatic heterocycles. The van der Waals surface area contributed by atoms with Crippen molar-refractivity contribution in [2.45, 2.75) is 57.5 Å². The predicted molar refractivity (Wildman–Crippen MR) is 55.2 cm³/mol. The second-order valence-corrected chi connectivity index (χ2v) is 4.68. The van der Waals surface area contributed by atoms with Gasteiger partial charge in [-0.1, -0.05) is 32.1 Å².